The van der Waals surface area contributed by atoms with Gasteiger partial charge in [-0.1, -0.05) is 6.58 Å². The van der Waals surface area contributed by atoms with E-state index in [1.54, 1.807) is 0 Å². The Balaban J connectivity index is 0. The molecule has 0 aromatic heterocycles. The van der Waals surface area contributed by atoms with E-state index in [1.165, 1.54) is 0 Å². The van der Waals surface area contributed by atoms with Gasteiger partial charge in [-0.25, -0.2) is 13.2 Å². The summed E-state index contributed by atoms with van der Waals surface area (Å²) >= 11 is 0. The van der Waals surface area contributed by atoms with E-state index >= 15 is 0 Å². The topological polar surface area (TPSA) is 120 Å². The van der Waals surface area contributed by atoms with Gasteiger partial charge in [0.1, 0.15) is 0 Å². The molecule has 0 aromatic rings. The van der Waals surface area contributed by atoms with Gasteiger partial charge in [0, 0.05) is 11.8 Å². The largest absolute Gasteiger partial charge is 0.748 e. The Hall–Kier alpha value is -0.920. The van der Waals surface area contributed by atoms with Crippen molar-refractivity contribution in [3.05, 3.63) is 12.7 Å². The van der Waals surface area contributed by atoms with Crippen molar-refractivity contribution >= 4 is 16.1 Å². The predicted octanol–water partition coefficient (Wildman–Crippen LogP) is 0.417. The summed E-state index contributed by atoms with van der Waals surface area (Å²) in [6.45, 7) is 3.29. The molecule has 0 atom stereocenters. The fourth-order valence-corrected chi connectivity index (χ4v) is 1.17. The van der Waals surface area contributed by atoms with Gasteiger partial charge in [-0.2, -0.15) is 0 Å². The molecule has 0 unspecified atom stereocenters. The summed E-state index contributed by atoms with van der Waals surface area (Å²) < 4.78 is 34.9. The zero-order chi connectivity index (χ0) is 10.3. The Kier molecular flexibility index (Phi) is 8.31. The molecular formula is C7H15NO5S. The van der Waals surface area contributed by atoms with E-state index in [1.807, 2.05) is 0 Å². The third-order valence-electron chi connectivity index (χ3n) is 1.20. The molecule has 0 fully saturated rings. The normalized spacial score (nSPS) is 10.1. The molecule has 0 saturated heterocycles. The summed E-state index contributed by atoms with van der Waals surface area (Å²) in [6.07, 6.45) is 1.58. The van der Waals surface area contributed by atoms with Gasteiger partial charge in [-0.05, 0) is 12.8 Å². The average molecular weight is 225 g/mol. The summed E-state index contributed by atoms with van der Waals surface area (Å²) in [4.78, 5) is 10.5. The number of hydrogen-bond donors (Lipinski definition) is 1. The lowest BCUT2D eigenvalue weighted by Crippen LogP contribution is -2.07. The Labute approximate surface area is 83.3 Å². The van der Waals surface area contributed by atoms with Gasteiger partial charge in [0.2, 0.25) is 0 Å². The van der Waals surface area contributed by atoms with Crippen LogP contribution in [0.3, 0.4) is 0 Å². The molecule has 0 aliphatic heterocycles. The number of rotatable bonds is 6. The molecule has 0 amide bonds. The fourth-order valence-electron chi connectivity index (χ4n) is 0.613. The molecule has 0 rings (SSSR count). The van der Waals surface area contributed by atoms with Crippen molar-refractivity contribution < 1.29 is 22.5 Å². The van der Waals surface area contributed by atoms with Crippen LogP contribution in [0, 0.1) is 0 Å². The maximum Gasteiger partial charge on any atom is 0.330 e. The molecule has 0 heterocycles. The van der Waals surface area contributed by atoms with Gasteiger partial charge in [-0.3, -0.25) is 0 Å². The van der Waals surface area contributed by atoms with Crippen LogP contribution >= 0.6 is 0 Å². The van der Waals surface area contributed by atoms with Crippen LogP contribution in [0.1, 0.15) is 12.8 Å². The predicted molar refractivity (Wildman–Crippen MR) is 50.9 cm³/mol. The SMILES string of the molecule is C=CC(=O)OCCCCS(=O)(=O)[O-].[NH4+]. The van der Waals surface area contributed by atoms with Crippen molar-refractivity contribution in [3.8, 4) is 0 Å². The quantitative estimate of drug-likeness (QED) is 0.304. The summed E-state index contributed by atoms with van der Waals surface area (Å²) in [7, 11) is -4.14. The van der Waals surface area contributed by atoms with Crippen LogP contribution in [0.15, 0.2) is 12.7 Å². The van der Waals surface area contributed by atoms with Gasteiger partial charge >= 0.3 is 5.97 Å². The number of carbonyl (C=O) groups is 1. The smallest absolute Gasteiger partial charge is 0.330 e. The van der Waals surface area contributed by atoms with Gasteiger partial charge in [-0.15, -0.1) is 0 Å². The van der Waals surface area contributed by atoms with Crippen molar-refractivity contribution in [3.63, 3.8) is 0 Å². The van der Waals surface area contributed by atoms with E-state index in [0.29, 0.717) is 6.42 Å². The lowest BCUT2D eigenvalue weighted by atomic mass is 10.4. The van der Waals surface area contributed by atoms with E-state index < -0.39 is 21.8 Å². The third kappa shape index (κ3) is 11.1. The first-order chi connectivity index (χ1) is 5.95. The monoisotopic (exact) mass is 225 g/mol. The van der Waals surface area contributed by atoms with Crippen LogP contribution < -0.4 is 6.15 Å². The minimum Gasteiger partial charge on any atom is -0.748 e. The van der Waals surface area contributed by atoms with Crippen molar-refractivity contribution in [2.75, 3.05) is 12.4 Å². The Morgan fingerprint density at radius 1 is 1.43 bits per heavy atom. The maximum absolute atomic E-state index is 10.5. The summed E-state index contributed by atoms with van der Waals surface area (Å²) in [5.41, 5.74) is 0. The highest BCUT2D eigenvalue weighted by atomic mass is 32.2. The zero-order valence-corrected chi connectivity index (χ0v) is 8.88. The van der Waals surface area contributed by atoms with Gasteiger partial charge in [0.25, 0.3) is 0 Å². The molecule has 84 valence electrons. The van der Waals surface area contributed by atoms with Gasteiger partial charge in [0.15, 0.2) is 0 Å². The molecule has 0 aliphatic rings. The van der Waals surface area contributed by atoms with Crippen molar-refractivity contribution in [2.45, 2.75) is 12.8 Å². The van der Waals surface area contributed by atoms with Crippen molar-refractivity contribution in [1.29, 1.82) is 0 Å². The second-order valence-electron chi connectivity index (χ2n) is 2.34. The standard InChI is InChI=1S/C7H12O5S.H3N/c1-2-7(8)12-5-3-4-6-13(9,10)11;/h2H,1,3-6H2,(H,9,10,11);1H3. The molecule has 0 saturated carbocycles. The molecule has 0 radical (unpaired) electrons. The first-order valence-electron chi connectivity index (χ1n) is 3.68. The van der Waals surface area contributed by atoms with E-state index in [2.05, 4.69) is 11.3 Å². The molecule has 0 bridgehead atoms. The molecule has 0 aliphatic carbocycles. The second kappa shape index (κ2) is 7.48. The minimum absolute atomic E-state index is 0. The Morgan fingerprint density at radius 2 is 2.00 bits per heavy atom. The molecule has 0 spiro atoms. The number of quaternary nitrogens is 1. The molecule has 4 N–H and O–H groups in total. The van der Waals surface area contributed by atoms with Crippen LogP contribution in [0.25, 0.3) is 0 Å². The van der Waals surface area contributed by atoms with Crippen molar-refractivity contribution in [2.24, 2.45) is 0 Å². The van der Waals surface area contributed by atoms with Crippen LogP contribution in [0.5, 0.6) is 0 Å². The van der Waals surface area contributed by atoms with E-state index in [0.717, 1.165) is 6.08 Å². The van der Waals surface area contributed by atoms with Gasteiger partial charge in [0.05, 0.1) is 16.7 Å². The Morgan fingerprint density at radius 3 is 2.43 bits per heavy atom. The maximum atomic E-state index is 10.5. The zero-order valence-electron chi connectivity index (χ0n) is 8.06. The Bertz CT molecular complexity index is 272. The summed E-state index contributed by atoms with van der Waals surface area (Å²) in [6, 6.07) is 0. The highest BCUT2D eigenvalue weighted by molar-refractivity contribution is 7.85. The second-order valence-corrected chi connectivity index (χ2v) is 3.86. The molecule has 0 aromatic carbocycles. The first-order valence-corrected chi connectivity index (χ1v) is 5.26. The van der Waals surface area contributed by atoms with E-state index in [9.17, 15) is 17.8 Å². The number of esters is 1. The first kappa shape index (κ1) is 15.5. The number of ether oxygens (including phenoxy) is 1. The van der Waals surface area contributed by atoms with Crippen LogP contribution in [-0.4, -0.2) is 31.3 Å². The van der Waals surface area contributed by atoms with E-state index in [-0.39, 0.29) is 19.2 Å². The number of unbranched alkanes of at least 4 members (excludes halogenated alkanes) is 1. The molecule has 6 nitrogen and oxygen atoms in total. The molecular weight excluding hydrogens is 210 g/mol. The summed E-state index contributed by atoms with van der Waals surface area (Å²) in [5, 5.41) is 0. The highest BCUT2D eigenvalue weighted by Crippen LogP contribution is 1.94. The lowest BCUT2D eigenvalue weighted by Gasteiger charge is -2.05. The van der Waals surface area contributed by atoms with Crippen molar-refractivity contribution in [1.82, 2.24) is 6.15 Å². The lowest BCUT2D eigenvalue weighted by molar-refractivity contribution is -0.137. The average Bonchev–Trinajstić information content (AvgIpc) is 2.01. The molecule has 14 heavy (non-hydrogen) atoms. The third-order valence-corrected chi connectivity index (χ3v) is 1.99. The number of carbonyl (C=O) groups excluding carboxylic acids is 1. The van der Waals surface area contributed by atoms with Crippen LogP contribution in [0.2, 0.25) is 0 Å². The fraction of sp³-hybridized carbons (Fsp3) is 0.571. The molecule has 7 heteroatoms. The highest BCUT2D eigenvalue weighted by Gasteiger charge is 1.97. The van der Waals surface area contributed by atoms with Crippen LogP contribution in [-0.2, 0) is 19.6 Å². The van der Waals surface area contributed by atoms with Crippen LogP contribution in [0.4, 0.5) is 0 Å². The minimum atomic E-state index is -4.14. The van der Waals surface area contributed by atoms with E-state index in [4.69, 9.17) is 0 Å². The van der Waals surface area contributed by atoms with Gasteiger partial charge < -0.3 is 15.4 Å². The number of hydrogen-bond acceptors (Lipinski definition) is 5. The summed E-state index contributed by atoms with van der Waals surface area (Å²) in [5.74, 6) is -0.969.